The number of nitrogens with two attached hydrogens (primary N) is 1. The maximum atomic E-state index is 5.97. The summed E-state index contributed by atoms with van der Waals surface area (Å²) in [6.45, 7) is 1.16. The van der Waals surface area contributed by atoms with E-state index in [1.807, 2.05) is 18.2 Å². The molecular weight excluding hydrogens is 250 g/mol. The summed E-state index contributed by atoms with van der Waals surface area (Å²) in [4.78, 5) is 0. The quantitative estimate of drug-likeness (QED) is 0.907. The van der Waals surface area contributed by atoms with Gasteiger partial charge in [-0.3, -0.25) is 0 Å². The minimum atomic E-state index is 0.473. The lowest BCUT2D eigenvalue weighted by Crippen LogP contribution is -2.23. The first-order valence-corrected chi connectivity index (χ1v) is 6.89. The van der Waals surface area contributed by atoms with E-state index in [0.717, 1.165) is 23.5 Å². The van der Waals surface area contributed by atoms with Gasteiger partial charge in [-0.1, -0.05) is 30.3 Å². The van der Waals surface area contributed by atoms with Crippen molar-refractivity contribution in [2.24, 2.45) is 5.73 Å². The summed E-state index contributed by atoms with van der Waals surface area (Å²) in [5.41, 5.74) is 9.61. The highest BCUT2D eigenvalue weighted by molar-refractivity contribution is 5.42. The van der Waals surface area contributed by atoms with Crippen LogP contribution >= 0.6 is 0 Å². The summed E-state index contributed by atoms with van der Waals surface area (Å²) in [6.07, 6.45) is 1.10. The Balaban J connectivity index is 1.70. The van der Waals surface area contributed by atoms with Gasteiger partial charge in [-0.15, -0.1) is 0 Å². The van der Waals surface area contributed by atoms with Gasteiger partial charge < -0.3 is 15.2 Å². The van der Waals surface area contributed by atoms with E-state index in [-0.39, 0.29) is 0 Å². The van der Waals surface area contributed by atoms with Gasteiger partial charge in [0, 0.05) is 24.1 Å². The Morgan fingerprint density at radius 1 is 1.20 bits per heavy atom. The molecule has 0 spiro atoms. The van der Waals surface area contributed by atoms with Gasteiger partial charge in [0.2, 0.25) is 0 Å². The summed E-state index contributed by atoms with van der Waals surface area (Å²) in [7, 11) is 1.66. The molecule has 1 unspecified atom stereocenters. The molecule has 3 heteroatoms. The van der Waals surface area contributed by atoms with Crippen LogP contribution in [0.1, 0.15) is 22.6 Å². The van der Waals surface area contributed by atoms with Crippen LogP contribution in [0.2, 0.25) is 0 Å². The van der Waals surface area contributed by atoms with Crippen molar-refractivity contribution in [1.29, 1.82) is 0 Å². The van der Waals surface area contributed by atoms with E-state index >= 15 is 0 Å². The van der Waals surface area contributed by atoms with Gasteiger partial charge in [0.05, 0.1) is 13.7 Å². The monoisotopic (exact) mass is 269 g/mol. The van der Waals surface area contributed by atoms with E-state index in [9.17, 15) is 0 Å². The minimum Gasteiger partial charge on any atom is -0.497 e. The van der Waals surface area contributed by atoms with Crippen molar-refractivity contribution in [1.82, 2.24) is 0 Å². The van der Waals surface area contributed by atoms with Gasteiger partial charge in [-0.05, 0) is 23.6 Å². The van der Waals surface area contributed by atoms with Crippen LogP contribution in [0.15, 0.2) is 42.5 Å². The van der Waals surface area contributed by atoms with Crippen LogP contribution in [0.5, 0.6) is 11.5 Å². The molecule has 0 saturated heterocycles. The molecule has 0 fully saturated rings. The van der Waals surface area contributed by atoms with Crippen LogP contribution < -0.4 is 15.2 Å². The van der Waals surface area contributed by atoms with Crippen LogP contribution in [0.25, 0.3) is 0 Å². The van der Waals surface area contributed by atoms with Gasteiger partial charge in [0.25, 0.3) is 0 Å². The number of ether oxygens (including phenoxy) is 2. The van der Waals surface area contributed by atoms with E-state index in [4.69, 9.17) is 15.2 Å². The molecule has 2 N–H and O–H groups in total. The fourth-order valence-corrected chi connectivity index (χ4v) is 2.67. The molecule has 3 rings (SSSR count). The maximum absolute atomic E-state index is 5.97. The van der Waals surface area contributed by atoms with Crippen LogP contribution in [0, 0.1) is 0 Å². The van der Waals surface area contributed by atoms with Crippen molar-refractivity contribution in [3.63, 3.8) is 0 Å². The number of rotatable bonds is 5. The van der Waals surface area contributed by atoms with Crippen LogP contribution in [-0.4, -0.2) is 13.7 Å². The molecule has 0 heterocycles. The van der Waals surface area contributed by atoms with Crippen molar-refractivity contribution in [3.05, 3.63) is 59.2 Å². The third-order valence-corrected chi connectivity index (χ3v) is 3.90. The molecule has 0 aliphatic heterocycles. The molecule has 0 bridgehead atoms. The number of benzene rings is 2. The lowest BCUT2D eigenvalue weighted by molar-refractivity contribution is 0.271. The van der Waals surface area contributed by atoms with Crippen molar-refractivity contribution < 1.29 is 9.47 Å². The Hall–Kier alpha value is -2.00. The predicted molar refractivity (Wildman–Crippen MR) is 79.3 cm³/mol. The Morgan fingerprint density at radius 2 is 2.05 bits per heavy atom. The van der Waals surface area contributed by atoms with Gasteiger partial charge in [0.15, 0.2) is 0 Å². The third kappa shape index (κ3) is 2.37. The normalized spacial score (nSPS) is 16.2. The summed E-state index contributed by atoms with van der Waals surface area (Å²) >= 11 is 0. The van der Waals surface area contributed by atoms with Crippen LogP contribution in [-0.2, 0) is 13.0 Å². The van der Waals surface area contributed by atoms with Gasteiger partial charge in [-0.2, -0.15) is 0 Å². The Labute approximate surface area is 119 Å². The number of hydrogen-bond acceptors (Lipinski definition) is 3. The molecule has 1 atom stereocenters. The topological polar surface area (TPSA) is 44.5 Å². The fourth-order valence-electron chi connectivity index (χ4n) is 2.67. The summed E-state index contributed by atoms with van der Waals surface area (Å²) in [6, 6.07) is 14.3. The molecule has 0 aromatic heterocycles. The molecule has 3 nitrogen and oxygen atoms in total. The zero-order chi connectivity index (χ0) is 13.9. The lowest BCUT2D eigenvalue weighted by atomic mass is 9.78. The molecule has 2 aromatic rings. The predicted octanol–water partition coefficient (Wildman–Crippen LogP) is 2.87. The standard InChI is InChI=1S/C17H19NO2/c1-19-15-7-6-13(10-18)17(9-15)20-11-14-8-12-4-2-3-5-16(12)14/h2-7,9,14H,8,10-11,18H2,1H3. The highest BCUT2D eigenvalue weighted by Crippen LogP contribution is 2.35. The van der Waals surface area contributed by atoms with Crippen molar-refractivity contribution in [2.75, 3.05) is 13.7 Å². The summed E-state index contributed by atoms with van der Waals surface area (Å²) in [5, 5.41) is 0. The lowest BCUT2D eigenvalue weighted by Gasteiger charge is -2.30. The fraction of sp³-hybridized carbons (Fsp3) is 0.294. The number of fused-ring (bicyclic) bond motifs is 1. The van der Waals surface area contributed by atoms with Crippen molar-refractivity contribution >= 4 is 0 Å². The Bertz CT molecular complexity index is 610. The first-order valence-electron chi connectivity index (χ1n) is 6.89. The van der Waals surface area contributed by atoms with E-state index in [2.05, 4.69) is 24.3 Å². The minimum absolute atomic E-state index is 0.473. The number of methoxy groups -OCH3 is 1. The molecule has 1 aliphatic rings. The van der Waals surface area contributed by atoms with Gasteiger partial charge >= 0.3 is 0 Å². The van der Waals surface area contributed by atoms with E-state index in [0.29, 0.717) is 19.1 Å². The average molecular weight is 269 g/mol. The van der Waals surface area contributed by atoms with Crippen LogP contribution in [0.4, 0.5) is 0 Å². The maximum Gasteiger partial charge on any atom is 0.127 e. The molecule has 0 amide bonds. The zero-order valence-electron chi connectivity index (χ0n) is 11.6. The van der Waals surface area contributed by atoms with Crippen molar-refractivity contribution in [3.8, 4) is 11.5 Å². The van der Waals surface area contributed by atoms with E-state index in [1.165, 1.54) is 11.1 Å². The van der Waals surface area contributed by atoms with Crippen LogP contribution in [0.3, 0.4) is 0 Å². The molecule has 0 radical (unpaired) electrons. The second-order valence-corrected chi connectivity index (χ2v) is 5.09. The summed E-state index contributed by atoms with van der Waals surface area (Å²) in [5.74, 6) is 2.12. The highest BCUT2D eigenvalue weighted by atomic mass is 16.5. The number of hydrogen-bond donors (Lipinski definition) is 1. The molecule has 104 valence electrons. The SMILES string of the molecule is COc1ccc(CN)c(OCC2Cc3ccccc32)c1. The van der Waals surface area contributed by atoms with Crippen molar-refractivity contribution in [2.45, 2.75) is 18.9 Å². The Kier molecular flexibility index (Phi) is 3.61. The average Bonchev–Trinajstić information content (AvgIpc) is 2.48. The molecule has 2 aromatic carbocycles. The third-order valence-electron chi connectivity index (χ3n) is 3.90. The largest absolute Gasteiger partial charge is 0.497 e. The zero-order valence-corrected chi connectivity index (χ0v) is 11.6. The molecule has 1 aliphatic carbocycles. The molecular formula is C17H19NO2. The molecule has 0 saturated carbocycles. The summed E-state index contributed by atoms with van der Waals surface area (Å²) < 4.78 is 11.2. The highest BCUT2D eigenvalue weighted by Gasteiger charge is 2.26. The van der Waals surface area contributed by atoms with Gasteiger partial charge in [-0.25, -0.2) is 0 Å². The second-order valence-electron chi connectivity index (χ2n) is 5.09. The van der Waals surface area contributed by atoms with Gasteiger partial charge in [0.1, 0.15) is 11.5 Å². The van der Waals surface area contributed by atoms with E-state index < -0.39 is 0 Å². The first kappa shape index (κ1) is 13.0. The second kappa shape index (κ2) is 5.55. The molecule has 20 heavy (non-hydrogen) atoms. The Morgan fingerprint density at radius 3 is 2.80 bits per heavy atom. The smallest absolute Gasteiger partial charge is 0.127 e. The van der Waals surface area contributed by atoms with E-state index in [1.54, 1.807) is 7.11 Å². The first-order chi connectivity index (χ1) is 9.81.